The van der Waals surface area contributed by atoms with Crippen molar-refractivity contribution in [3.63, 3.8) is 0 Å². The van der Waals surface area contributed by atoms with Gasteiger partial charge in [0.05, 0.1) is 0 Å². The molecule has 0 saturated carbocycles. The van der Waals surface area contributed by atoms with Crippen LogP contribution in [0.15, 0.2) is 42.2 Å². The molecule has 0 spiro atoms. The molecule has 0 saturated heterocycles. The second-order valence-corrected chi connectivity index (χ2v) is 6.06. The Labute approximate surface area is 146 Å². The summed E-state index contributed by atoms with van der Waals surface area (Å²) in [5.74, 6) is -2.61. The molecule has 0 aliphatic carbocycles. The molecule has 0 aromatic heterocycles. The van der Waals surface area contributed by atoms with Gasteiger partial charge in [-0.05, 0) is 48.9 Å². The van der Waals surface area contributed by atoms with Crippen molar-refractivity contribution in [3.8, 4) is 0 Å². The van der Waals surface area contributed by atoms with Crippen molar-refractivity contribution < 1.29 is 17.6 Å². The Hall–Kier alpha value is -2.10. The second-order valence-electron chi connectivity index (χ2n) is 6.06. The lowest BCUT2D eigenvalue weighted by molar-refractivity contribution is 0.555. The number of halogens is 4. The van der Waals surface area contributed by atoms with E-state index >= 15 is 0 Å². The van der Waals surface area contributed by atoms with Crippen LogP contribution in [0.5, 0.6) is 0 Å². The van der Waals surface area contributed by atoms with Crippen LogP contribution < -0.4 is 0 Å². The van der Waals surface area contributed by atoms with E-state index in [0.717, 1.165) is 5.56 Å². The molecular weight excluding hydrogens is 328 g/mol. The molecule has 0 unspecified atom stereocenters. The standard InChI is InChI=1S/C21H22F4/c1-3-5-18(22)21(25)16-10-8-14(9-11-16)6-7-15-12-19(23)17(4-2)20(24)13-15/h8-13H,3-7H2,1-2H3. The zero-order valence-electron chi connectivity index (χ0n) is 14.5. The molecule has 2 aromatic rings. The Bertz CT molecular complexity index is 722. The first-order valence-corrected chi connectivity index (χ1v) is 8.56. The Balaban J connectivity index is 2.06. The summed E-state index contributed by atoms with van der Waals surface area (Å²) in [4.78, 5) is 0. The van der Waals surface area contributed by atoms with Crippen molar-refractivity contribution in [3.05, 3.63) is 76.1 Å². The van der Waals surface area contributed by atoms with Crippen molar-refractivity contribution in [2.24, 2.45) is 0 Å². The third-order valence-electron chi connectivity index (χ3n) is 4.17. The fourth-order valence-corrected chi connectivity index (χ4v) is 2.73. The number of benzene rings is 2. The van der Waals surface area contributed by atoms with Crippen molar-refractivity contribution in [2.45, 2.75) is 46.0 Å². The summed E-state index contributed by atoms with van der Waals surface area (Å²) in [6.45, 7) is 3.49. The maximum atomic E-state index is 13.9. The van der Waals surface area contributed by atoms with E-state index in [-0.39, 0.29) is 17.5 Å². The van der Waals surface area contributed by atoms with Crippen molar-refractivity contribution in [2.75, 3.05) is 0 Å². The monoisotopic (exact) mass is 350 g/mol. The highest BCUT2D eigenvalue weighted by molar-refractivity contribution is 5.61. The molecule has 0 amide bonds. The highest BCUT2D eigenvalue weighted by Gasteiger charge is 2.10. The van der Waals surface area contributed by atoms with Gasteiger partial charge in [0.2, 0.25) is 0 Å². The maximum absolute atomic E-state index is 13.9. The Morgan fingerprint density at radius 2 is 1.40 bits per heavy atom. The van der Waals surface area contributed by atoms with Gasteiger partial charge in [0.15, 0.2) is 5.83 Å². The van der Waals surface area contributed by atoms with Crippen LogP contribution in [-0.2, 0) is 19.3 Å². The SMILES string of the molecule is CCCC(F)=C(F)c1ccc(CCc2cc(F)c(CC)c(F)c2)cc1. The first kappa shape index (κ1) is 19.2. The lowest BCUT2D eigenvalue weighted by Gasteiger charge is -2.07. The first-order chi connectivity index (χ1) is 12.0. The van der Waals surface area contributed by atoms with Crippen LogP contribution in [-0.4, -0.2) is 0 Å². The predicted molar refractivity (Wildman–Crippen MR) is 93.6 cm³/mol. The van der Waals surface area contributed by atoms with Crippen LogP contribution in [0.1, 0.15) is 48.9 Å². The first-order valence-electron chi connectivity index (χ1n) is 8.56. The molecular formula is C21H22F4. The van der Waals surface area contributed by atoms with Crippen molar-refractivity contribution in [1.82, 2.24) is 0 Å². The van der Waals surface area contributed by atoms with E-state index in [9.17, 15) is 17.6 Å². The minimum atomic E-state index is -0.826. The summed E-state index contributed by atoms with van der Waals surface area (Å²) in [5.41, 5.74) is 1.78. The van der Waals surface area contributed by atoms with E-state index in [1.54, 1.807) is 26.0 Å². The topological polar surface area (TPSA) is 0 Å². The molecule has 25 heavy (non-hydrogen) atoms. The average Bonchev–Trinajstić information content (AvgIpc) is 2.60. The molecule has 0 aliphatic heterocycles. The number of hydrogen-bond acceptors (Lipinski definition) is 0. The zero-order chi connectivity index (χ0) is 18.4. The molecule has 0 heterocycles. The molecule has 2 aromatic carbocycles. The molecule has 0 atom stereocenters. The molecule has 0 aliphatic rings. The number of aryl methyl sites for hydroxylation is 2. The number of rotatable bonds is 7. The highest BCUT2D eigenvalue weighted by atomic mass is 19.2. The highest BCUT2D eigenvalue weighted by Crippen LogP contribution is 2.25. The van der Waals surface area contributed by atoms with Crippen LogP contribution in [0.2, 0.25) is 0 Å². The summed E-state index contributed by atoms with van der Waals surface area (Å²) in [6.07, 6.45) is 1.97. The van der Waals surface area contributed by atoms with Gasteiger partial charge in [-0.25, -0.2) is 17.6 Å². The number of allylic oxidation sites excluding steroid dienone is 1. The van der Waals surface area contributed by atoms with Gasteiger partial charge in [0.1, 0.15) is 17.5 Å². The van der Waals surface area contributed by atoms with E-state index in [4.69, 9.17) is 0 Å². The normalized spacial score (nSPS) is 12.2. The lowest BCUT2D eigenvalue weighted by atomic mass is 10.0. The Kier molecular flexibility index (Phi) is 6.80. The van der Waals surface area contributed by atoms with Crippen molar-refractivity contribution >= 4 is 5.83 Å². The number of hydrogen-bond donors (Lipinski definition) is 0. The fourth-order valence-electron chi connectivity index (χ4n) is 2.73. The summed E-state index contributed by atoms with van der Waals surface area (Å²) in [5, 5.41) is 0. The van der Waals surface area contributed by atoms with Gasteiger partial charge in [-0.15, -0.1) is 0 Å². The minimum Gasteiger partial charge on any atom is -0.209 e. The van der Waals surface area contributed by atoms with Crippen LogP contribution in [0, 0.1) is 11.6 Å². The molecule has 2 rings (SSSR count). The molecule has 0 N–H and O–H groups in total. The van der Waals surface area contributed by atoms with Crippen LogP contribution in [0.4, 0.5) is 17.6 Å². The Morgan fingerprint density at radius 3 is 1.92 bits per heavy atom. The van der Waals surface area contributed by atoms with E-state index in [1.165, 1.54) is 24.3 Å². The van der Waals surface area contributed by atoms with Gasteiger partial charge in [-0.3, -0.25) is 0 Å². The van der Waals surface area contributed by atoms with E-state index in [1.807, 2.05) is 0 Å². The minimum absolute atomic E-state index is 0.0818. The molecule has 0 fully saturated rings. The molecule has 134 valence electrons. The van der Waals surface area contributed by atoms with Gasteiger partial charge >= 0.3 is 0 Å². The molecule has 0 nitrogen and oxygen atoms in total. The van der Waals surface area contributed by atoms with E-state index in [2.05, 4.69) is 0 Å². The Morgan fingerprint density at radius 1 is 0.840 bits per heavy atom. The summed E-state index contributed by atoms with van der Waals surface area (Å²) in [7, 11) is 0. The van der Waals surface area contributed by atoms with Gasteiger partial charge in [0.25, 0.3) is 0 Å². The third-order valence-corrected chi connectivity index (χ3v) is 4.17. The largest absolute Gasteiger partial charge is 0.209 e. The van der Waals surface area contributed by atoms with Gasteiger partial charge in [0, 0.05) is 17.5 Å². The van der Waals surface area contributed by atoms with Gasteiger partial charge in [-0.1, -0.05) is 38.1 Å². The molecule has 0 radical (unpaired) electrons. The van der Waals surface area contributed by atoms with Gasteiger partial charge < -0.3 is 0 Å². The predicted octanol–water partition coefficient (Wildman–Crippen LogP) is 6.72. The fraction of sp³-hybridized carbons (Fsp3) is 0.333. The van der Waals surface area contributed by atoms with Gasteiger partial charge in [-0.2, -0.15) is 0 Å². The summed E-state index contributed by atoms with van der Waals surface area (Å²) < 4.78 is 55.0. The molecule has 4 heteroatoms. The van der Waals surface area contributed by atoms with Crippen molar-refractivity contribution in [1.29, 1.82) is 0 Å². The van der Waals surface area contributed by atoms with Crippen LogP contribution in [0.25, 0.3) is 5.83 Å². The smallest absolute Gasteiger partial charge is 0.161 e. The second kappa shape index (κ2) is 8.84. The summed E-state index contributed by atoms with van der Waals surface area (Å²) >= 11 is 0. The lowest BCUT2D eigenvalue weighted by Crippen LogP contribution is -1.99. The third kappa shape index (κ3) is 4.94. The zero-order valence-corrected chi connectivity index (χ0v) is 14.5. The van der Waals surface area contributed by atoms with E-state index in [0.29, 0.717) is 31.2 Å². The van der Waals surface area contributed by atoms with Crippen LogP contribution >= 0.6 is 0 Å². The van der Waals surface area contributed by atoms with Crippen LogP contribution in [0.3, 0.4) is 0 Å². The summed E-state index contributed by atoms with van der Waals surface area (Å²) in [6, 6.07) is 9.20. The average molecular weight is 350 g/mol. The quantitative estimate of drug-likeness (QED) is 0.486. The van der Waals surface area contributed by atoms with E-state index < -0.39 is 23.3 Å². The molecule has 0 bridgehead atoms. The maximum Gasteiger partial charge on any atom is 0.161 e.